The summed E-state index contributed by atoms with van der Waals surface area (Å²) in [7, 11) is 0. The van der Waals surface area contributed by atoms with Crippen molar-refractivity contribution in [3.8, 4) is 0 Å². The van der Waals surface area contributed by atoms with Crippen molar-refractivity contribution in [2.45, 2.75) is 12.3 Å². The minimum atomic E-state index is -1.02. The van der Waals surface area contributed by atoms with Crippen molar-refractivity contribution in [1.29, 1.82) is 0 Å². The van der Waals surface area contributed by atoms with Gasteiger partial charge in [0.1, 0.15) is 5.82 Å². The summed E-state index contributed by atoms with van der Waals surface area (Å²) in [5.74, 6) is -2.26. The maximum atomic E-state index is 12.9. The van der Waals surface area contributed by atoms with Gasteiger partial charge in [0, 0.05) is 15.6 Å². The number of carbonyl (C=O) groups is 1. The Bertz CT molecular complexity index is 606. The van der Waals surface area contributed by atoms with Gasteiger partial charge < -0.3 is 5.11 Å². The fraction of sp³-hybridized carbons (Fsp3) is 0.133. The second kappa shape index (κ2) is 6.25. The molecule has 0 saturated heterocycles. The first-order chi connectivity index (χ1) is 9.49. The summed E-state index contributed by atoms with van der Waals surface area (Å²) in [4.78, 5) is 11.5. The van der Waals surface area contributed by atoms with Crippen LogP contribution in [0.5, 0.6) is 0 Å². The molecule has 0 spiro atoms. The lowest BCUT2D eigenvalue weighted by Crippen LogP contribution is -2.15. The van der Waals surface area contributed by atoms with E-state index in [2.05, 4.69) is 0 Å². The molecule has 2 aromatic carbocycles. The van der Waals surface area contributed by atoms with Crippen LogP contribution in [0.25, 0.3) is 0 Å². The highest BCUT2D eigenvalue weighted by molar-refractivity contribution is 6.36. The van der Waals surface area contributed by atoms with Crippen molar-refractivity contribution in [3.63, 3.8) is 0 Å². The van der Waals surface area contributed by atoms with Gasteiger partial charge in [0.2, 0.25) is 0 Å². The molecule has 1 atom stereocenters. The lowest BCUT2D eigenvalue weighted by Gasteiger charge is -2.16. The first kappa shape index (κ1) is 14.8. The molecule has 1 N–H and O–H groups in total. The fourth-order valence-electron chi connectivity index (χ4n) is 2.01. The zero-order valence-electron chi connectivity index (χ0n) is 10.3. The Hall–Kier alpha value is -1.58. The molecule has 0 fully saturated rings. The molecule has 0 aliphatic heterocycles. The molecule has 0 heterocycles. The summed E-state index contributed by atoms with van der Waals surface area (Å²) in [5.41, 5.74) is 1.09. The molecule has 20 heavy (non-hydrogen) atoms. The van der Waals surface area contributed by atoms with Crippen LogP contribution in [0.15, 0.2) is 42.5 Å². The zero-order valence-corrected chi connectivity index (χ0v) is 11.8. The summed E-state index contributed by atoms with van der Waals surface area (Å²) in [6.45, 7) is 0. The monoisotopic (exact) mass is 312 g/mol. The van der Waals surface area contributed by atoms with Crippen molar-refractivity contribution in [3.05, 3.63) is 69.5 Å². The van der Waals surface area contributed by atoms with Gasteiger partial charge in [-0.3, -0.25) is 4.79 Å². The highest BCUT2D eigenvalue weighted by Gasteiger charge is 2.25. The normalized spacial score (nSPS) is 12.2. The smallest absolute Gasteiger partial charge is 0.311 e. The molecule has 0 aliphatic carbocycles. The van der Waals surface area contributed by atoms with Crippen LogP contribution < -0.4 is 0 Å². The van der Waals surface area contributed by atoms with Crippen molar-refractivity contribution < 1.29 is 14.3 Å². The van der Waals surface area contributed by atoms with Crippen LogP contribution in [0.4, 0.5) is 4.39 Å². The lowest BCUT2D eigenvalue weighted by molar-refractivity contribution is -0.138. The van der Waals surface area contributed by atoms with Crippen LogP contribution in [-0.4, -0.2) is 11.1 Å². The van der Waals surface area contributed by atoms with Crippen LogP contribution in [0.1, 0.15) is 17.0 Å². The summed E-state index contributed by atoms with van der Waals surface area (Å²) in [6, 6.07) is 10.6. The Morgan fingerprint density at radius 2 is 1.65 bits per heavy atom. The Balaban J connectivity index is 2.37. The van der Waals surface area contributed by atoms with Crippen molar-refractivity contribution >= 4 is 29.2 Å². The molecular formula is C15H11Cl2FO2. The van der Waals surface area contributed by atoms with Gasteiger partial charge in [-0.1, -0.05) is 41.4 Å². The Kier molecular flexibility index (Phi) is 4.63. The van der Waals surface area contributed by atoms with Gasteiger partial charge in [0.25, 0.3) is 0 Å². The third-order valence-electron chi connectivity index (χ3n) is 3.00. The third kappa shape index (κ3) is 3.30. The summed E-state index contributed by atoms with van der Waals surface area (Å²) in [6.07, 6.45) is 0.194. The minimum Gasteiger partial charge on any atom is -0.481 e. The van der Waals surface area contributed by atoms with Gasteiger partial charge in [-0.15, -0.1) is 0 Å². The molecule has 2 rings (SSSR count). The van der Waals surface area contributed by atoms with E-state index in [1.807, 2.05) is 0 Å². The van der Waals surface area contributed by atoms with Crippen LogP contribution in [0.3, 0.4) is 0 Å². The average molecular weight is 313 g/mol. The number of halogens is 3. The van der Waals surface area contributed by atoms with E-state index >= 15 is 0 Å². The Labute approximate surface area is 125 Å². The average Bonchev–Trinajstić information content (AvgIpc) is 2.39. The Morgan fingerprint density at radius 1 is 1.10 bits per heavy atom. The molecule has 0 radical (unpaired) electrons. The van der Waals surface area contributed by atoms with Gasteiger partial charge in [0.05, 0.1) is 5.92 Å². The van der Waals surface area contributed by atoms with E-state index in [1.165, 1.54) is 12.1 Å². The maximum absolute atomic E-state index is 12.9. The predicted molar refractivity (Wildman–Crippen MR) is 76.9 cm³/mol. The summed E-state index contributed by atoms with van der Waals surface area (Å²) < 4.78 is 12.9. The molecule has 2 nitrogen and oxygen atoms in total. The van der Waals surface area contributed by atoms with Gasteiger partial charge in [0.15, 0.2) is 0 Å². The summed E-state index contributed by atoms with van der Waals surface area (Å²) >= 11 is 12.1. The molecule has 104 valence electrons. The molecule has 1 unspecified atom stereocenters. The minimum absolute atomic E-state index is 0.194. The van der Waals surface area contributed by atoms with Gasteiger partial charge in [-0.05, 0) is 36.2 Å². The number of carboxylic acid groups (broad SMARTS) is 1. The molecule has 0 amide bonds. The highest BCUT2D eigenvalue weighted by Crippen LogP contribution is 2.33. The standard InChI is InChI=1S/C15H11Cl2FO2/c16-12-2-1-3-13(17)14(12)11(15(19)20)8-9-4-6-10(18)7-5-9/h1-7,11H,8H2,(H,19,20). The van der Waals surface area contributed by atoms with Gasteiger partial charge in [-0.25, -0.2) is 4.39 Å². The van der Waals surface area contributed by atoms with Crippen molar-refractivity contribution in [2.24, 2.45) is 0 Å². The number of benzene rings is 2. The second-order valence-corrected chi connectivity index (χ2v) is 5.17. The lowest BCUT2D eigenvalue weighted by atomic mass is 9.92. The first-order valence-electron chi connectivity index (χ1n) is 5.90. The van der Waals surface area contributed by atoms with E-state index in [-0.39, 0.29) is 12.2 Å². The summed E-state index contributed by atoms with van der Waals surface area (Å²) in [5, 5.41) is 10.0. The molecule has 0 bridgehead atoms. The number of carboxylic acids is 1. The van der Waals surface area contributed by atoms with E-state index in [0.29, 0.717) is 21.2 Å². The van der Waals surface area contributed by atoms with E-state index in [0.717, 1.165) is 0 Å². The Morgan fingerprint density at radius 3 is 2.15 bits per heavy atom. The van der Waals surface area contributed by atoms with Gasteiger partial charge in [-0.2, -0.15) is 0 Å². The van der Waals surface area contributed by atoms with E-state index in [1.54, 1.807) is 30.3 Å². The van der Waals surface area contributed by atoms with E-state index in [4.69, 9.17) is 23.2 Å². The molecule has 0 aliphatic rings. The third-order valence-corrected chi connectivity index (χ3v) is 3.66. The van der Waals surface area contributed by atoms with Crippen LogP contribution in [0, 0.1) is 5.82 Å². The number of aliphatic carboxylic acids is 1. The van der Waals surface area contributed by atoms with Crippen LogP contribution in [0.2, 0.25) is 10.0 Å². The number of hydrogen-bond donors (Lipinski definition) is 1. The topological polar surface area (TPSA) is 37.3 Å². The largest absolute Gasteiger partial charge is 0.481 e. The zero-order chi connectivity index (χ0) is 14.7. The maximum Gasteiger partial charge on any atom is 0.311 e. The second-order valence-electron chi connectivity index (χ2n) is 4.36. The van der Waals surface area contributed by atoms with Crippen molar-refractivity contribution in [1.82, 2.24) is 0 Å². The molecule has 5 heteroatoms. The first-order valence-corrected chi connectivity index (χ1v) is 6.66. The number of hydrogen-bond acceptors (Lipinski definition) is 1. The molecular weight excluding hydrogens is 302 g/mol. The molecule has 0 aromatic heterocycles. The molecule has 2 aromatic rings. The van der Waals surface area contributed by atoms with Crippen LogP contribution >= 0.6 is 23.2 Å². The van der Waals surface area contributed by atoms with E-state index in [9.17, 15) is 14.3 Å². The predicted octanol–water partition coefficient (Wildman–Crippen LogP) is 4.54. The quantitative estimate of drug-likeness (QED) is 0.899. The molecule has 0 saturated carbocycles. The van der Waals surface area contributed by atoms with Crippen molar-refractivity contribution in [2.75, 3.05) is 0 Å². The SMILES string of the molecule is O=C(O)C(Cc1ccc(F)cc1)c1c(Cl)cccc1Cl. The highest BCUT2D eigenvalue weighted by atomic mass is 35.5. The van der Waals surface area contributed by atoms with Crippen LogP contribution in [-0.2, 0) is 11.2 Å². The fourth-order valence-corrected chi connectivity index (χ4v) is 2.67. The number of rotatable bonds is 4. The van der Waals surface area contributed by atoms with Gasteiger partial charge >= 0.3 is 5.97 Å². The van der Waals surface area contributed by atoms with E-state index < -0.39 is 11.9 Å².